The zero-order valence-electron chi connectivity index (χ0n) is 19.8. The Balaban J connectivity index is 0.00000512. The first-order valence-electron chi connectivity index (χ1n) is 10.5. The summed E-state index contributed by atoms with van der Waals surface area (Å²) in [5, 5.41) is 9.26. The highest BCUT2D eigenvalue weighted by atomic mass is 127. The zero-order valence-corrected chi connectivity index (χ0v) is 22.1. The molecule has 8 nitrogen and oxygen atoms in total. The lowest BCUT2D eigenvalue weighted by molar-refractivity contribution is -0.0172. The number of amides is 1. The van der Waals surface area contributed by atoms with Crippen LogP contribution in [0, 0.1) is 5.82 Å². The zero-order chi connectivity index (χ0) is 23.1. The second kappa shape index (κ2) is 12.4. The highest BCUT2D eigenvalue weighted by molar-refractivity contribution is 14.0. The fourth-order valence-electron chi connectivity index (χ4n) is 3.00. The van der Waals surface area contributed by atoms with Crippen LogP contribution in [-0.4, -0.2) is 49.6 Å². The molecule has 0 saturated carbocycles. The van der Waals surface area contributed by atoms with Crippen molar-refractivity contribution >= 4 is 36.0 Å². The summed E-state index contributed by atoms with van der Waals surface area (Å²) in [6.07, 6.45) is 0.0786. The number of carbonyl (C=O) groups is 1. The van der Waals surface area contributed by atoms with Crippen molar-refractivity contribution in [2.24, 2.45) is 4.99 Å². The van der Waals surface area contributed by atoms with E-state index in [4.69, 9.17) is 14.2 Å². The van der Waals surface area contributed by atoms with Crippen LogP contribution >= 0.6 is 24.0 Å². The Labute approximate surface area is 207 Å². The van der Waals surface area contributed by atoms with Gasteiger partial charge in [0.1, 0.15) is 17.2 Å². The number of hydrogen-bond donors (Lipinski definition) is 3. The number of aliphatic imine (C=N–C) groups is 1. The summed E-state index contributed by atoms with van der Waals surface area (Å²) in [5.41, 5.74) is 0.344. The van der Waals surface area contributed by atoms with Crippen molar-refractivity contribution in [2.75, 3.05) is 26.4 Å². The molecule has 1 amide bonds. The van der Waals surface area contributed by atoms with Gasteiger partial charge in [0.2, 0.25) is 0 Å². The van der Waals surface area contributed by atoms with E-state index in [0.29, 0.717) is 44.4 Å². The van der Waals surface area contributed by atoms with Gasteiger partial charge in [0, 0.05) is 18.7 Å². The van der Waals surface area contributed by atoms with Gasteiger partial charge in [-0.25, -0.2) is 9.18 Å². The van der Waals surface area contributed by atoms with Crippen molar-refractivity contribution in [3.05, 3.63) is 29.1 Å². The minimum atomic E-state index is -0.597. The molecule has 0 saturated heterocycles. The monoisotopic (exact) mass is 566 g/mol. The van der Waals surface area contributed by atoms with Gasteiger partial charge in [-0.2, -0.15) is 0 Å². The average molecular weight is 566 g/mol. The number of ether oxygens (including phenoxy) is 3. The van der Waals surface area contributed by atoms with Crippen molar-refractivity contribution in [3.8, 4) is 5.75 Å². The molecule has 0 aromatic heterocycles. The highest BCUT2D eigenvalue weighted by Crippen LogP contribution is 2.29. The molecule has 0 spiro atoms. The summed E-state index contributed by atoms with van der Waals surface area (Å²) in [6.45, 7) is 13.3. The molecule has 1 aliphatic heterocycles. The van der Waals surface area contributed by atoms with E-state index in [0.717, 1.165) is 11.1 Å². The lowest BCUT2D eigenvalue weighted by Crippen LogP contribution is -2.49. The second-order valence-electron chi connectivity index (χ2n) is 9.05. The van der Waals surface area contributed by atoms with Crippen molar-refractivity contribution in [3.63, 3.8) is 0 Å². The molecule has 3 N–H and O–H groups in total. The first-order valence-corrected chi connectivity index (χ1v) is 10.5. The maximum absolute atomic E-state index is 13.9. The largest absolute Gasteiger partial charge is 0.467 e. The SMILES string of the molecule is CCNC(=NCC(C)(C)NC(=O)OC(C)(C)C)NCCc1cc(F)cc2c1OCOC2.I. The molecular weight excluding hydrogens is 530 g/mol. The molecule has 10 heteroatoms. The first kappa shape index (κ1) is 28.2. The Hall–Kier alpha value is -1.82. The normalized spacial score (nSPS) is 13.9. The van der Waals surface area contributed by atoms with Crippen molar-refractivity contribution in [1.29, 1.82) is 0 Å². The van der Waals surface area contributed by atoms with E-state index < -0.39 is 17.2 Å². The number of hydrogen-bond acceptors (Lipinski definition) is 5. The van der Waals surface area contributed by atoms with Gasteiger partial charge < -0.3 is 30.2 Å². The fraction of sp³-hybridized carbons (Fsp3) is 0.636. The fourth-order valence-corrected chi connectivity index (χ4v) is 3.00. The van der Waals surface area contributed by atoms with Crippen LogP contribution in [0.15, 0.2) is 17.1 Å². The summed E-state index contributed by atoms with van der Waals surface area (Å²) >= 11 is 0. The number of nitrogens with one attached hydrogen (secondary N) is 3. The maximum Gasteiger partial charge on any atom is 0.408 e. The number of nitrogens with zero attached hydrogens (tertiary/aromatic N) is 1. The van der Waals surface area contributed by atoms with Gasteiger partial charge in [0.25, 0.3) is 0 Å². The van der Waals surface area contributed by atoms with Crippen molar-refractivity contribution in [2.45, 2.75) is 65.7 Å². The average Bonchev–Trinajstić information content (AvgIpc) is 2.64. The molecule has 1 aromatic carbocycles. The van der Waals surface area contributed by atoms with E-state index >= 15 is 0 Å². The van der Waals surface area contributed by atoms with Crippen LogP contribution in [0.4, 0.5) is 9.18 Å². The first-order chi connectivity index (χ1) is 14.5. The number of fused-ring (bicyclic) bond motifs is 1. The maximum atomic E-state index is 13.9. The van der Waals surface area contributed by atoms with Gasteiger partial charge >= 0.3 is 6.09 Å². The summed E-state index contributed by atoms with van der Waals surface area (Å²) in [5.74, 6) is 0.994. The van der Waals surface area contributed by atoms with Gasteiger partial charge in [-0.05, 0) is 65.7 Å². The smallest absolute Gasteiger partial charge is 0.408 e. The van der Waals surface area contributed by atoms with Gasteiger partial charge in [-0.1, -0.05) is 0 Å². The third kappa shape index (κ3) is 9.76. The van der Waals surface area contributed by atoms with Crippen LogP contribution in [0.2, 0.25) is 0 Å². The van der Waals surface area contributed by atoms with E-state index in [2.05, 4.69) is 20.9 Å². The topological polar surface area (TPSA) is 93.2 Å². The number of rotatable bonds is 7. The standard InChI is InChI=1S/C22H35FN4O4.HI/c1-7-24-19(26-13-22(5,6)27-20(28)31-21(2,3)4)25-9-8-15-10-17(23)11-16-12-29-14-30-18(15)16;/h10-11H,7-9,12-14H2,1-6H3,(H,27,28)(H2,24,25,26);1H. The van der Waals surface area contributed by atoms with E-state index in [1.807, 2.05) is 41.5 Å². The van der Waals surface area contributed by atoms with E-state index in [9.17, 15) is 9.18 Å². The number of carbonyl (C=O) groups excluding carboxylic acids is 1. The van der Waals surface area contributed by atoms with Crippen molar-refractivity contribution < 1.29 is 23.4 Å². The molecule has 0 radical (unpaired) electrons. The summed E-state index contributed by atoms with van der Waals surface area (Å²) in [6, 6.07) is 2.93. The molecule has 0 bridgehead atoms. The molecular formula is C22H36FIN4O4. The third-order valence-electron chi connectivity index (χ3n) is 4.25. The quantitative estimate of drug-likeness (QED) is 0.265. The Morgan fingerprint density at radius 2 is 1.94 bits per heavy atom. The molecule has 182 valence electrons. The number of alkyl carbamates (subject to hydrolysis) is 1. The molecule has 32 heavy (non-hydrogen) atoms. The summed E-state index contributed by atoms with van der Waals surface area (Å²) < 4.78 is 30.0. The molecule has 1 heterocycles. The molecule has 0 unspecified atom stereocenters. The Morgan fingerprint density at radius 1 is 1.22 bits per heavy atom. The number of guanidine groups is 1. The molecule has 2 rings (SSSR count). The van der Waals surface area contributed by atoms with Gasteiger partial charge in [-0.15, -0.1) is 24.0 Å². The Bertz CT molecular complexity index is 797. The lowest BCUT2D eigenvalue weighted by atomic mass is 10.1. The molecule has 0 fully saturated rings. The number of benzene rings is 1. The van der Waals surface area contributed by atoms with Gasteiger partial charge in [0.15, 0.2) is 12.8 Å². The Kier molecular flexibility index (Phi) is 11.0. The van der Waals surface area contributed by atoms with Crippen LogP contribution in [-0.2, 0) is 22.5 Å². The van der Waals surface area contributed by atoms with Gasteiger partial charge in [-0.3, -0.25) is 4.99 Å². The molecule has 1 aliphatic rings. The predicted octanol–water partition coefficient (Wildman–Crippen LogP) is 3.71. The van der Waals surface area contributed by atoms with E-state index in [-0.39, 0.29) is 36.6 Å². The van der Waals surface area contributed by atoms with Crippen LogP contribution in [0.3, 0.4) is 0 Å². The number of halogens is 2. The van der Waals surface area contributed by atoms with Crippen LogP contribution in [0.25, 0.3) is 0 Å². The third-order valence-corrected chi connectivity index (χ3v) is 4.25. The molecule has 1 aromatic rings. The summed E-state index contributed by atoms with van der Waals surface area (Å²) in [4.78, 5) is 16.6. The summed E-state index contributed by atoms with van der Waals surface area (Å²) in [7, 11) is 0. The van der Waals surface area contributed by atoms with Crippen LogP contribution < -0.4 is 20.7 Å². The highest BCUT2D eigenvalue weighted by Gasteiger charge is 2.24. The minimum Gasteiger partial charge on any atom is -0.467 e. The van der Waals surface area contributed by atoms with E-state index in [1.54, 1.807) is 0 Å². The molecule has 0 atom stereocenters. The van der Waals surface area contributed by atoms with Gasteiger partial charge in [0.05, 0.1) is 18.7 Å². The van der Waals surface area contributed by atoms with Crippen LogP contribution in [0.5, 0.6) is 5.75 Å². The molecule has 0 aliphatic carbocycles. The second-order valence-corrected chi connectivity index (χ2v) is 9.05. The van der Waals surface area contributed by atoms with Crippen molar-refractivity contribution in [1.82, 2.24) is 16.0 Å². The van der Waals surface area contributed by atoms with E-state index in [1.165, 1.54) is 12.1 Å². The Morgan fingerprint density at radius 3 is 2.59 bits per heavy atom. The predicted molar refractivity (Wildman–Crippen MR) is 133 cm³/mol. The van der Waals surface area contributed by atoms with Crippen LogP contribution in [0.1, 0.15) is 52.7 Å². The lowest BCUT2D eigenvalue weighted by Gasteiger charge is -2.27. The minimum absolute atomic E-state index is 0.